The number of anilines is 1. The number of para-hydroxylation sites is 1. The summed E-state index contributed by atoms with van der Waals surface area (Å²) in [5.41, 5.74) is 1.02. The lowest BCUT2D eigenvalue weighted by Gasteiger charge is -2.07. The van der Waals surface area contributed by atoms with E-state index in [0.717, 1.165) is 22.0 Å². The van der Waals surface area contributed by atoms with Crippen LogP contribution in [0.2, 0.25) is 0 Å². The van der Waals surface area contributed by atoms with Gasteiger partial charge in [-0.1, -0.05) is 35.2 Å². The van der Waals surface area contributed by atoms with E-state index in [1.807, 2.05) is 30.3 Å². The number of nitrogens with one attached hydrogen (secondary N) is 2. The fourth-order valence-electron chi connectivity index (χ4n) is 2.80. The summed E-state index contributed by atoms with van der Waals surface area (Å²) in [6, 6.07) is 16.4. The number of nitrogens with zero attached hydrogens (tertiary/aromatic N) is 3. The van der Waals surface area contributed by atoms with Crippen LogP contribution in [0.5, 0.6) is 5.75 Å². The van der Waals surface area contributed by atoms with Crippen LogP contribution in [0, 0.1) is 11.3 Å². The molecule has 0 aliphatic rings. The Balaban J connectivity index is 1.51. The highest BCUT2D eigenvalue weighted by Gasteiger charge is 2.15. The van der Waals surface area contributed by atoms with Crippen molar-refractivity contribution in [3.63, 3.8) is 0 Å². The Hall–Kier alpha value is -3.68. The predicted octanol–water partition coefficient (Wildman–Crippen LogP) is 3.66. The van der Waals surface area contributed by atoms with E-state index >= 15 is 0 Å². The second-order valence-electron chi connectivity index (χ2n) is 6.26. The van der Waals surface area contributed by atoms with Gasteiger partial charge in [-0.2, -0.15) is 5.26 Å². The molecular formula is C21H15N5O3S2. The Kier molecular flexibility index (Phi) is 5.97. The Labute approximate surface area is 184 Å². The van der Waals surface area contributed by atoms with E-state index in [0.29, 0.717) is 16.4 Å². The smallest absolute Gasteiger partial charge is 0.270 e. The van der Waals surface area contributed by atoms with E-state index in [2.05, 4.69) is 20.3 Å². The van der Waals surface area contributed by atoms with Crippen molar-refractivity contribution in [3.8, 4) is 23.1 Å². The Morgan fingerprint density at radius 2 is 2.00 bits per heavy atom. The van der Waals surface area contributed by atoms with E-state index in [-0.39, 0.29) is 28.1 Å². The van der Waals surface area contributed by atoms with Crippen molar-refractivity contribution in [2.75, 3.05) is 18.2 Å². The molecule has 0 radical (unpaired) electrons. The molecule has 154 valence electrons. The Morgan fingerprint density at radius 1 is 1.23 bits per heavy atom. The fourth-order valence-corrected chi connectivity index (χ4v) is 4.34. The lowest BCUT2D eigenvalue weighted by molar-refractivity contribution is -0.113. The molecule has 2 heterocycles. The number of aromatic nitrogens is 3. The van der Waals surface area contributed by atoms with Gasteiger partial charge in [-0.15, -0.1) is 0 Å². The van der Waals surface area contributed by atoms with Gasteiger partial charge < -0.3 is 15.0 Å². The number of H-pyrrole nitrogens is 1. The van der Waals surface area contributed by atoms with Gasteiger partial charge in [0.25, 0.3) is 5.56 Å². The molecule has 0 unspecified atom stereocenters. The number of benzene rings is 2. The molecule has 0 saturated heterocycles. The molecule has 0 aliphatic heterocycles. The van der Waals surface area contributed by atoms with Gasteiger partial charge in [0.05, 0.1) is 28.8 Å². The molecule has 0 fully saturated rings. The number of thiazole rings is 1. The first-order valence-corrected chi connectivity index (χ1v) is 10.8. The highest BCUT2D eigenvalue weighted by atomic mass is 32.2. The summed E-state index contributed by atoms with van der Waals surface area (Å²) < 4.78 is 6.12. The summed E-state index contributed by atoms with van der Waals surface area (Å²) in [4.78, 5) is 36.0. The number of ether oxygens (including phenoxy) is 1. The van der Waals surface area contributed by atoms with Crippen molar-refractivity contribution >= 4 is 44.4 Å². The molecule has 0 atom stereocenters. The molecule has 4 aromatic rings. The Morgan fingerprint density at radius 3 is 2.71 bits per heavy atom. The minimum Gasteiger partial charge on any atom is -0.497 e. The second-order valence-corrected chi connectivity index (χ2v) is 8.25. The zero-order valence-electron chi connectivity index (χ0n) is 16.2. The van der Waals surface area contributed by atoms with Crippen molar-refractivity contribution in [1.29, 1.82) is 5.26 Å². The number of thioether (sulfide) groups is 1. The molecule has 0 aliphatic carbocycles. The number of carbonyl (C=O) groups excluding carboxylic acids is 1. The number of carbonyl (C=O) groups is 1. The monoisotopic (exact) mass is 449 g/mol. The molecule has 0 saturated carbocycles. The van der Waals surface area contributed by atoms with Crippen LogP contribution in [0.25, 0.3) is 21.5 Å². The third-order valence-corrected chi connectivity index (χ3v) is 6.08. The fraction of sp³-hybridized carbons (Fsp3) is 0.0952. The van der Waals surface area contributed by atoms with Crippen molar-refractivity contribution in [2.45, 2.75) is 5.16 Å². The average Bonchev–Trinajstić information content (AvgIpc) is 3.19. The van der Waals surface area contributed by atoms with E-state index in [1.54, 1.807) is 31.4 Å². The van der Waals surface area contributed by atoms with E-state index in [9.17, 15) is 14.9 Å². The minimum atomic E-state index is -0.558. The van der Waals surface area contributed by atoms with Gasteiger partial charge in [-0.05, 0) is 36.4 Å². The maximum atomic E-state index is 12.4. The van der Waals surface area contributed by atoms with Gasteiger partial charge in [0.15, 0.2) is 10.3 Å². The zero-order valence-corrected chi connectivity index (χ0v) is 17.8. The maximum absolute atomic E-state index is 12.4. The number of amides is 1. The largest absolute Gasteiger partial charge is 0.497 e. The standard InChI is InChI=1S/C21H15N5O3S2/c1-29-13-8-6-12(7-9-13)18-14(10-22)19(28)26-20(25-18)30-11-17(27)24-21-23-15-4-2-3-5-16(15)31-21/h2-9H,11H2,1H3,(H,23,24,27)(H,25,26,28). The molecule has 31 heavy (non-hydrogen) atoms. The molecule has 2 N–H and O–H groups in total. The van der Waals surface area contributed by atoms with Crippen LogP contribution in [0.15, 0.2) is 58.5 Å². The number of rotatable bonds is 6. The van der Waals surface area contributed by atoms with Crippen molar-refractivity contribution in [2.24, 2.45) is 0 Å². The molecule has 8 nitrogen and oxygen atoms in total. The van der Waals surface area contributed by atoms with Crippen LogP contribution in [0.1, 0.15) is 5.56 Å². The van der Waals surface area contributed by atoms with Crippen molar-refractivity contribution in [1.82, 2.24) is 15.0 Å². The molecular weight excluding hydrogens is 434 g/mol. The molecule has 10 heteroatoms. The normalized spacial score (nSPS) is 10.6. The highest BCUT2D eigenvalue weighted by molar-refractivity contribution is 7.99. The van der Waals surface area contributed by atoms with Crippen LogP contribution in [-0.4, -0.2) is 33.7 Å². The number of hydrogen-bond acceptors (Lipinski definition) is 8. The predicted molar refractivity (Wildman–Crippen MR) is 121 cm³/mol. The Bertz CT molecular complexity index is 1320. The van der Waals surface area contributed by atoms with Gasteiger partial charge in [-0.3, -0.25) is 9.59 Å². The SMILES string of the molecule is COc1ccc(-c2nc(SCC(=O)Nc3nc4ccccc4s3)[nH]c(=O)c2C#N)cc1. The number of methoxy groups -OCH3 is 1. The van der Waals surface area contributed by atoms with Gasteiger partial charge in [0.2, 0.25) is 5.91 Å². The van der Waals surface area contributed by atoms with Crippen LogP contribution >= 0.6 is 23.1 Å². The van der Waals surface area contributed by atoms with Crippen LogP contribution in [0.3, 0.4) is 0 Å². The summed E-state index contributed by atoms with van der Waals surface area (Å²) in [5.74, 6) is 0.391. The lowest BCUT2D eigenvalue weighted by Crippen LogP contribution is -2.17. The molecule has 1 amide bonds. The number of aromatic amines is 1. The third-order valence-electron chi connectivity index (χ3n) is 4.25. The second kappa shape index (κ2) is 8.99. The highest BCUT2D eigenvalue weighted by Crippen LogP contribution is 2.26. The first kappa shape index (κ1) is 20.6. The van der Waals surface area contributed by atoms with Crippen LogP contribution < -0.4 is 15.6 Å². The molecule has 0 bridgehead atoms. The topological polar surface area (TPSA) is 121 Å². The van der Waals surface area contributed by atoms with Gasteiger partial charge in [0, 0.05) is 5.56 Å². The summed E-state index contributed by atoms with van der Waals surface area (Å²) in [6.07, 6.45) is 0. The summed E-state index contributed by atoms with van der Waals surface area (Å²) in [6.45, 7) is 0. The average molecular weight is 450 g/mol. The lowest BCUT2D eigenvalue weighted by atomic mass is 10.1. The first-order chi connectivity index (χ1) is 15.1. The zero-order chi connectivity index (χ0) is 21.8. The van der Waals surface area contributed by atoms with Crippen molar-refractivity contribution in [3.05, 3.63) is 64.4 Å². The van der Waals surface area contributed by atoms with Crippen LogP contribution in [-0.2, 0) is 4.79 Å². The quantitative estimate of drug-likeness (QED) is 0.340. The molecule has 0 spiro atoms. The van der Waals surface area contributed by atoms with Gasteiger partial charge in [0.1, 0.15) is 17.4 Å². The summed E-state index contributed by atoms with van der Waals surface area (Å²) >= 11 is 2.45. The van der Waals surface area contributed by atoms with E-state index < -0.39 is 5.56 Å². The molecule has 4 rings (SSSR count). The first-order valence-electron chi connectivity index (χ1n) is 9.04. The number of fused-ring (bicyclic) bond motifs is 1. The summed E-state index contributed by atoms with van der Waals surface area (Å²) in [7, 11) is 1.55. The van der Waals surface area contributed by atoms with E-state index in [4.69, 9.17) is 4.74 Å². The summed E-state index contributed by atoms with van der Waals surface area (Å²) in [5, 5.41) is 12.9. The maximum Gasteiger partial charge on any atom is 0.270 e. The van der Waals surface area contributed by atoms with Gasteiger partial charge >= 0.3 is 0 Å². The minimum absolute atomic E-state index is 0.0207. The number of hydrogen-bond donors (Lipinski definition) is 2. The molecule has 2 aromatic carbocycles. The van der Waals surface area contributed by atoms with Gasteiger partial charge in [-0.25, -0.2) is 9.97 Å². The van der Waals surface area contributed by atoms with Crippen molar-refractivity contribution < 1.29 is 9.53 Å². The molecule has 2 aromatic heterocycles. The van der Waals surface area contributed by atoms with Crippen LogP contribution in [0.4, 0.5) is 5.13 Å². The number of nitriles is 1. The van der Waals surface area contributed by atoms with E-state index in [1.165, 1.54) is 11.3 Å². The third kappa shape index (κ3) is 4.58.